The van der Waals surface area contributed by atoms with Crippen LogP contribution in [0.3, 0.4) is 0 Å². The van der Waals surface area contributed by atoms with Gasteiger partial charge in [-0.25, -0.2) is 0 Å². The number of allylic oxidation sites excluding steroid dienone is 4. The summed E-state index contributed by atoms with van der Waals surface area (Å²) in [4.78, 5) is 30.3. The van der Waals surface area contributed by atoms with E-state index >= 15 is 0 Å². The monoisotopic (exact) mass is 717 g/mol. The second-order valence-corrected chi connectivity index (χ2v) is 16.3. The number of likely N-dealkylation sites (N-methyl/N-ethyl adjacent to an activating group) is 1. The summed E-state index contributed by atoms with van der Waals surface area (Å²) in [6.07, 6.45) is 9.22. The van der Waals surface area contributed by atoms with Crippen LogP contribution in [-0.4, -0.2) is 118 Å². The van der Waals surface area contributed by atoms with Gasteiger partial charge >= 0.3 is 5.97 Å². The molecule has 288 valence electrons. The van der Waals surface area contributed by atoms with Crippen LogP contribution in [0.5, 0.6) is 0 Å². The number of cyclic esters (lactones) is 1. The molecule has 0 spiro atoms. The first-order valence-corrected chi connectivity index (χ1v) is 19.6. The standard InChI is InChI=1S/C40H63NO10/c1-9-25-11-10-12-33(51-35-16-15-32(41(5)6)22(3)47-35)21(2)36(43)31-19-29-27(30(31)20-34(42)49-25)14-13-24-17-26(18-28(24)29)50-40-39(46-8)37(44)38(45-7)23(4)48-40/h13-14,19,21-30,32-33,35,37-40,44H,9-12,15-18,20H2,1-8H3/t21-,22?,23?,24-,25+,26-,27-,28-,29-,30+,32+,33+,35+,37?,38+,39?,40+/m1/s1. The molecular formula is C40H63NO10. The van der Waals surface area contributed by atoms with Gasteiger partial charge in [-0.05, 0) is 109 Å². The van der Waals surface area contributed by atoms with Crippen molar-refractivity contribution in [2.75, 3.05) is 28.3 Å². The van der Waals surface area contributed by atoms with Crippen molar-refractivity contribution in [1.29, 1.82) is 0 Å². The van der Waals surface area contributed by atoms with Crippen LogP contribution in [0.15, 0.2) is 23.8 Å². The number of aliphatic hydroxyl groups is 1. The fourth-order valence-electron chi connectivity index (χ4n) is 10.2. The zero-order valence-electron chi connectivity index (χ0n) is 32.0. The van der Waals surface area contributed by atoms with E-state index in [0.29, 0.717) is 12.5 Å². The van der Waals surface area contributed by atoms with Gasteiger partial charge in [0, 0.05) is 32.1 Å². The lowest BCUT2D eigenvalue weighted by molar-refractivity contribution is -0.311. The van der Waals surface area contributed by atoms with Gasteiger partial charge < -0.3 is 43.2 Å². The van der Waals surface area contributed by atoms with Crippen molar-refractivity contribution in [2.45, 2.75) is 153 Å². The van der Waals surface area contributed by atoms with Gasteiger partial charge in [-0.2, -0.15) is 0 Å². The summed E-state index contributed by atoms with van der Waals surface area (Å²) in [5.41, 5.74) is 0.745. The van der Waals surface area contributed by atoms with Crippen molar-refractivity contribution in [1.82, 2.24) is 4.90 Å². The van der Waals surface area contributed by atoms with E-state index in [1.54, 1.807) is 14.2 Å². The maximum atomic E-state index is 14.6. The summed E-state index contributed by atoms with van der Waals surface area (Å²) in [7, 11) is 7.28. The van der Waals surface area contributed by atoms with Gasteiger partial charge in [-0.1, -0.05) is 32.1 Å². The van der Waals surface area contributed by atoms with Gasteiger partial charge in [-0.15, -0.1) is 0 Å². The fourth-order valence-corrected chi connectivity index (χ4v) is 10.2. The molecule has 6 rings (SSSR count). The molecule has 0 radical (unpaired) electrons. The van der Waals surface area contributed by atoms with Gasteiger partial charge in [0.1, 0.15) is 24.4 Å². The molecule has 4 fully saturated rings. The Kier molecular flexibility index (Phi) is 12.8. The Hall–Kier alpha value is -1.70. The van der Waals surface area contributed by atoms with Crippen molar-refractivity contribution in [3.05, 3.63) is 23.8 Å². The summed E-state index contributed by atoms with van der Waals surface area (Å²) in [6.45, 7) is 8.04. The van der Waals surface area contributed by atoms with Gasteiger partial charge in [-0.3, -0.25) is 9.59 Å². The molecule has 11 nitrogen and oxygen atoms in total. The van der Waals surface area contributed by atoms with Crippen molar-refractivity contribution < 1.29 is 47.9 Å². The van der Waals surface area contributed by atoms with Crippen molar-refractivity contribution >= 4 is 11.8 Å². The first-order chi connectivity index (χ1) is 24.4. The predicted octanol–water partition coefficient (Wildman–Crippen LogP) is 4.83. The highest BCUT2D eigenvalue weighted by Gasteiger charge is 2.52. The SMILES string of the molecule is CC[C@H]1CCC[C@H](O[C@H]2CC[C@H](N(C)C)C(C)O2)[C@@H](C)C(=O)C2=C[C@@H]3[C@@H](C=C[C@@H]4C[C@@H](O[C@@H]5OC(C)[C@H](OC)C(O)C5OC)C[C@@H]34)[C@@H]2CC(=O)O1. The summed E-state index contributed by atoms with van der Waals surface area (Å²) >= 11 is 0. The molecule has 3 aliphatic carbocycles. The summed E-state index contributed by atoms with van der Waals surface area (Å²) < 4.78 is 43.0. The maximum absolute atomic E-state index is 14.6. The minimum Gasteiger partial charge on any atom is -0.462 e. The van der Waals surface area contributed by atoms with E-state index < -0.39 is 24.6 Å². The largest absolute Gasteiger partial charge is 0.462 e. The number of hydrogen-bond donors (Lipinski definition) is 1. The zero-order valence-corrected chi connectivity index (χ0v) is 32.0. The number of ketones is 1. The normalized spacial score (nSPS) is 46.4. The number of Topliss-reactive ketones (excluding diaryl/α,β-unsaturated/α-hetero) is 1. The van der Waals surface area contributed by atoms with Gasteiger partial charge in [0.05, 0.1) is 30.8 Å². The number of ether oxygens (including phenoxy) is 7. The van der Waals surface area contributed by atoms with Crippen LogP contribution in [0.4, 0.5) is 0 Å². The van der Waals surface area contributed by atoms with E-state index in [1.165, 1.54) is 0 Å². The molecule has 51 heavy (non-hydrogen) atoms. The average molecular weight is 718 g/mol. The number of methoxy groups -OCH3 is 2. The van der Waals surface area contributed by atoms with Crippen LogP contribution < -0.4 is 0 Å². The average Bonchev–Trinajstić information content (AvgIpc) is 3.67. The van der Waals surface area contributed by atoms with Gasteiger partial charge in [0.2, 0.25) is 0 Å². The van der Waals surface area contributed by atoms with E-state index in [4.69, 9.17) is 33.2 Å². The Morgan fingerprint density at radius 2 is 1.67 bits per heavy atom. The third-order valence-electron chi connectivity index (χ3n) is 13.0. The molecule has 1 saturated carbocycles. The second kappa shape index (κ2) is 16.8. The highest BCUT2D eigenvalue weighted by Crippen LogP contribution is 2.54. The number of carbonyl (C=O) groups excluding carboxylic acids is 2. The molecule has 0 aromatic rings. The minimum absolute atomic E-state index is 0.0264. The van der Waals surface area contributed by atoms with Crippen LogP contribution in [0.25, 0.3) is 0 Å². The molecule has 3 heterocycles. The van der Waals surface area contributed by atoms with Crippen LogP contribution in [0.2, 0.25) is 0 Å². The summed E-state index contributed by atoms with van der Waals surface area (Å²) in [5.74, 6) is -0.141. The maximum Gasteiger partial charge on any atom is 0.306 e. The lowest BCUT2D eigenvalue weighted by Crippen LogP contribution is -2.59. The minimum atomic E-state index is -0.880. The lowest BCUT2D eigenvalue weighted by atomic mass is 9.70. The fraction of sp³-hybridized carbons (Fsp3) is 0.850. The Labute approximate surface area is 304 Å². The molecule has 1 N–H and O–H groups in total. The smallest absolute Gasteiger partial charge is 0.306 e. The molecule has 0 aromatic carbocycles. The van der Waals surface area contributed by atoms with Crippen LogP contribution in [0.1, 0.15) is 85.5 Å². The van der Waals surface area contributed by atoms with Crippen LogP contribution in [0, 0.1) is 35.5 Å². The topological polar surface area (TPSA) is 122 Å². The third-order valence-corrected chi connectivity index (χ3v) is 13.0. The van der Waals surface area contributed by atoms with Crippen molar-refractivity contribution in [3.63, 3.8) is 0 Å². The van der Waals surface area contributed by atoms with Crippen molar-refractivity contribution in [3.8, 4) is 0 Å². The first kappa shape index (κ1) is 39.0. The highest BCUT2D eigenvalue weighted by atomic mass is 16.7. The Balaban J connectivity index is 1.20. The number of aliphatic hydroxyl groups excluding tert-OH is 1. The van der Waals surface area contributed by atoms with E-state index in [9.17, 15) is 14.7 Å². The van der Waals surface area contributed by atoms with Gasteiger partial charge in [0.15, 0.2) is 18.4 Å². The highest BCUT2D eigenvalue weighted by molar-refractivity contribution is 5.99. The van der Waals surface area contributed by atoms with E-state index in [2.05, 4.69) is 51.1 Å². The van der Waals surface area contributed by atoms with Crippen LogP contribution in [-0.2, 0) is 42.7 Å². The van der Waals surface area contributed by atoms with Crippen molar-refractivity contribution in [2.24, 2.45) is 35.5 Å². The second-order valence-electron chi connectivity index (χ2n) is 16.3. The molecule has 3 saturated heterocycles. The van der Waals surface area contributed by atoms with Gasteiger partial charge in [0.25, 0.3) is 0 Å². The number of fused-ring (bicyclic) bond motifs is 5. The molecule has 0 bridgehead atoms. The van der Waals surface area contributed by atoms with Crippen LogP contribution >= 0.6 is 0 Å². The quantitative estimate of drug-likeness (QED) is 0.275. The Morgan fingerprint density at radius 1 is 0.902 bits per heavy atom. The molecule has 0 amide bonds. The Bertz CT molecular complexity index is 1270. The molecule has 3 aliphatic heterocycles. The summed E-state index contributed by atoms with van der Waals surface area (Å²) in [6, 6.07) is 0.334. The lowest BCUT2D eigenvalue weighted by Gasteiger charge is -2.42. The molecular weight excluding hydrogens is 654 g/mol. The molecule has 4 unspecified atom stereocenters. The number of carbonyl (C=O) groups is 2. The first-order valence-electron chi connectivity index (χ1n) is 19.6. The Morgan fingerprint density at radius 3 is 2.35 bits per heavy atom. The third kappa shape index (κ3) is 8.21. The number of rotatable bonds is 8. The molecule has 17 atom stereocenters. The molecule has 11 heteroatoms. The zero-order chi connectivity index (χ0) is 36.6. The predicted molar refractivity (Wildman–Crippen MR) is 189 cm³/mol. The van der Waals surface area contributed by atoms with E-state index in [0.717, 1.165) is 50.5 Å². The number of esters is 1. The number of hydrogen-bond acceptors (Lipinski definition) is 11. The van der Waals surface area contributed by atoms with E-state index in [-0.39, 0.29) is 90.5 Å². The molecule has 6 aliphatic rings. The molecule has 0 aromatic heterocycles. The number of nitrogens with zero attached hydrogens (tertiary/aromatic N) is 1. The summed E-state index contributed by atoms with van der Waals surface area (Å²) in [5, 5.41) is 10.9. The van der Waals surface area contributed by atoms with E-state index in [1.807, 2.05) is 13.8 Å².